The Kier molecular flexibility index (Phi) is 4.97. The molecule has 192 valence electrons. The first-order valence-electron chi connectivity index (χ1n) is 13.7. The second-order valence-electron chi connectivity index (χ2n) is 10.4. The molecule has 0 atom stereocenters. The third kappa shape index (κ3) is 3.45. The second-order valence-corrected chi connectivity index (χ2v) is 12.5. The summed E-state index contributed by atoms with van der Waals surface area (Å²) < 4.78 is 2.63. The zero-order valence-electron chi connectivity index (χ0n) is 21.9. The van der Waals surface area contributed by atoms with E-state index in [2.05, 4.69) is 138 Å². The fraction of sp³-hybridized carbons (Fsp3) is 0. The predicted molar refractivity (Wildman–Crippen MR) is 177 cm³/mol. The molecule has 0 spiro atoms. The van der Waals surface area contributed by atoms with E-state index in [-0.39, 0.29) is 0 Å². The Hall–Kier alpha value is -4.77. The van der Waals surface area contributed by atoms with Gasteiger partial charge in [-0.15, -0.1) is 22.7 Å². The number of rotatable bonds is 4. The average Bonchev–Trinajstić information content (AvgIpc) is 3.71. The normalized spacial score (nSPS) is 11.9. The minimum atomic E-state index is 1.07. The van der Waals surface area contributed by atoms with Crippen molar-refractivity contribution in [3.8, 4) is 32.3 Å². The molecule has 0 amide bonds. The molecule has 4 heteroatoms. The molecule has 0 bridgehead atoms. The second kappa shape index (κ2) is 8.87. The van der Waals surface area contributed by atoms with Gasteiger partial charge < -0.3 is 4.90 Å². The van der Waals surface area contributed by atoms with Crippen LogP contribution >= 0.6 is 22.7 Å². The lowest BCUT2D eigenvalue weighted by molar-refractivity contribution is 1.30. The number of hydrogen-bond donors (Lipinski definition) is 0. The number of nitrogens with zero attached hydrogens (tertiary/aromatic N) is 2. The molecule has 41 heavy (non-hydrogen) atoms. The van der Waals surface area contributed by atoms with E-state index in [1.807, 2.05) is 11.3 Å². The van der Waals surface area contributed by atoms with Crippen LogP contribution in [-0.2, 0) is 0 Å². The lowest BCUT2D eigenvalue weighted by Crippen LogP contribution is -2.10. The number of fused-ring (bicyclic) bond motifs is 6. The lowest BCUT2D eigenvalue weighted by atomic mass is 10.0. The summed E-state index contributed by atoms with van der Waals surface area (Å²) >= 11 is 3.65. The molecule has 9 rings (SSSR count). The van der Waals surface area contributed by atoms with E-state index in [0.29, 0.717) is 0 Å². The first-order chi connectivity index (χ1) is 20.3. The monoisotopic (exact) mass is 558 g/mol. The van der Waals surface area contributed by atoms with Gasteiger partial charge in [0.05, 0.1) is 16.3 Å². The Labute approximate surface area is 245 Å². The number of hydrogen-bond acceptors (Lipinski definition) is 4. The zero-order chi connectivity index (χ0) is 26.9. The average molecular weight is 559 g/mol. The maximum Gasteiger partial charge on any atom is 0.124 e. The predicted octanol–water partition coefficient (Wildman–Crippen LogP) is 11.4. The Balaban J connectivity index is 1.25. The largest absolute Gasteiger partial charge is 0.310 e. The van der Waals surface area contributed by atoms with Crippen molar-refractivity contribution in [2.45, 2.75) is 0 Å². The van der Waals surface area contributed by atoms with Gasteiger partial charge in [0.2, 0.25) is 0 Å². The van der Waals surface area contributed by atoms with E-state index >= 15 is 0 Å². The van der Waals surface area contributed by atoms with Gasteiger partial charge >= 0.3 is 0 Å². The van der Waals surface area contributed by atoms with Crippen LogP contribution in [0.5, 0.6) is 0 Å². The molecule has 2 aromatic heterocycles. The maximum atomic E-state index is 5.15. The molecule has 0 saturated carbocycles. The van der Waals surface area contributed by atoms with E-state index < -0.39 is 0 Å². The van der Waals surface area contributed by atoms with Gasteiger partial charge in [-0.3, -0.25) is 0 Å². The highest BCUT2D eigenvalue weighted by molar-refractivity contribution is 7.25. The Morgan fingerprint density at radius 2 is 1.27 bits per heavy atom. The highest BCUT2D eigenvalue weighted by Crippen LogP contribution is 2.54. The number of thiazole rings is 1. The lowest BCUT2D eigenvalue weighted by Gasteiger charge is -2.27. The summed E-state index contributed by atoms with van der Waals surface area (Å²) in [7, 11) is 0. The van der Waals surface area contributed by atoms with Gasteiger partial charge in [0.25, 0.3) is 0 Å². The van der Waals surface area contributed by atoms with Crippen LogP contribution in [0.15, 0.2) is 133 Å². The first-order valence-corrected chi connectivity index (χ1v) is 15.4. The smallest absolute Gasteiger partial charge is 0.124 e. The zero-order valence-corrected chi connectivity index (χ0v) is 23.5. The third-order valence-corrected chi connectivity index (χ3v) is 10.3. The van der Waals surface area contributed by atoms with Crippen molar-refractivity contribution in [3.63, 3.8) is 0 Å². The van der Waals surface area contributed by atoms with Crippen LogP contribution in [0.1, 0.15) is 0 Å². The molecule has 6 aromatic carbocycles. The summed E-state index contributed by atoms with van der Waals surface area (Å²) in [6.45, 7) is 0. The Bertz CT molecular complexity index is 2230. The number of benzene rings is 6. The number of anilines is 3. The molecule has 0 radical (unpaired) electrons. The summed E-state index contributed by atoms with van der Waals surface area (Å²) in [5.41, 5.74) is 8.26. The molecule has 2 heterocycles. The van der Waals surface area contributed by atoms with Crippen LogP contribution in [0.25, 0.3) is 63.2 Å². The molecule has 0 fully saturated rings. The summed E-state index contributed by atoms with van der Waals surface area (Å²) in [5.74, 6) is 0. The van der Waals surface area contributed by atoms with E-state index in [0.717, 1.165) is 22.1 Å². The minimum absolute atomic E-state index is 1.07. The molecule has 0 aliphatic heterocycles. The van der Waals surface area contributed by atoms with Crippen molar-refractivity contribution in [1.29, 1.82) is 0 Å². The molecule has 1 aliphatic rings. The highest BCUT2D eigenvalue weighted by atomic mass is 32.1. The van der Waals surface area contributed by atoms with Gasteiger partial charge in [-0.05, 0) is 36.4 Å². The summed E-state index contributed by atoms with van der Waals surface area (Å²) in [6.07, 6.45) is 0. The molecule has 8 aromatic rings. The van der Waals surface area contributed by atoms with Crippen LogP contribution in [0, 0.1) is 0 Å². The molecule has 2 nitrogen and oxygen atoms in total. The SMILES string of the molecule is c1ccc(-c2nc3c(s2)-c2cccc4c(N(c5ccccc5)c5ccc6c(c5)sc5ccccc56)ccc-3c24)cc1. The standard InChI is InChI=1S/C37H22N2S2/c1-3-10-23(11-4-1)37-38-35-29-20-21-31(28-15-9-16-30(34(28)29)36(35)41-37)39(24-12-5-2-6-13-24)25-18-19-27-26-14-7-8-17-32(26)40-33(27)22-25/h1-22H. The third-order valence-electron chi connectivity index (χ3n) is 8.04. The van der Waals surface area contributed by atoms with E-state index in [1.54, 1.807) is 11.3 Å². The summed E-state index contributed by atoms with van der Waals surface area (Å²) in [5, 5.41) is 6.25. The van der Waals surface area contributed by atoms with Crippen LogP contribution in [-0.4, -0.2) is 4.98 Å². The van der Waals surface area contributed by atoms with Crippen molar-refractivity contribution < 1.29 is 0 Å². The van der Waals surface area contributed by atoms with Crippen molar-refractivity contribution in [2.24, 2.45) is 0 Å². The van der Waals surface area contributed by atoms with Gasteiger partial charge in [-0.1, -0.05) is 97.1 Å². The van der Waals surface area contributed by atoms with Gasteiger partial charge in [-0.2, -0.15) is 0 Å². The molecule has 0 unspecified atom stereocenters. The van der Waals surface area contributed by atoms with Crippen LogP contribution in [0.3, 0.4) is 0 Å². The molecule has 1 aliphatic carbocycles. The fourth-order valence-corrected chi connectivity index (χ4v) is 8.48. The quantitative estimate of drug-likeness (QED) is 0.214. The minimum Gasteiger partial charge on any atom is -0.310 e. The van der Waals surface area contributed by atoms with Crippen LogP contribution < -0.4 is 4.90 Å². The topological polar surface area (TPSA) is 16.1 Å². The van der Waals surface area contributed by atoms with E-state index in [9.17, 15) is 0 Å². The number of aromatic nitrogens is 1. The Morgan fingerprint density at radius 1 is 0.512 bits per heavy atom. The van der Waals surface area contributed by atoms with Crippen molar-refractivity contribution >= 4 is 70.7 Å². The Morgan fingerprint density at radius 3 is 2.15 bits per heavy atom. The molecule has 0 N–H and O–H groups in total. The fourth-order valence-electron chi connectivity index (χ4n) is 6.22. The van der Waals surface area contributed by atoms with E-state index in [4.69, 9.17) is 4.98 Å². The highest BCUT2D eigenvalue weighted by Gasteiger charge is 2.28. The van der Waals surface area contributed by atoms with Gasteiger partial charge in [0.1, 0.15) is 5.01 Å². The molecule has 0 saturated heterocycles. The van der Waals surface area contributed by atoms with Gasteiger partial charge in [-0.25, -0.2) is 4.98 Å². The van der Waals surface area contributed by atoms with Gasteiger partial charge in [0, 0.05) is 59.0 Å². The van der Waals surface area contributed by atoms with Crippen molar-refractivity contribution in [3.05, 3.63) is 133 Å². The molecular weight excluding hydrogens is 537 g/mol. The number of thiophene rings is 1. The maximum absolute atomic E-state index is 5.15. The van der Waals surface area contributed by atoms with Crippen LogP contribution in [0.2, 0.25) is 0 Å². The van der Waals surface area contributed by atoms with Gasteiger partial charge in [0.15, 0.2) is 0 Å². The summed E-state index contributed by atoms with van der Waals surface area (Å²) in [6, 6.07) is 48.1. The van der Waals surface area contributed by atoms with Crippen molar-refractivity contribution in [2.75, 3.05) is 4.90 Å². The molecular formula is C37H22N2S2. The van der Waals surface area contributed by atoms with E-state index in [1.165, 1.54) is 58.2 Å². The van der Waals surface area contributed by atoms with Crippen LogP contribution in [0.4, 0.5) is 17.1 Å². The van der Waals surface area contributed by atoms with Crippen molar-refractivity contribution in [1.82, 2.24) is 4.98 Å². The first kappa shape index (κ1) is 23.0. The summed E-state index contributed by atoms with van der Waals surface area (Å²) in [4.78, 5) is 8.82. The number of para-hydroxylation sites is 1.